The van der Waals surface area contributed by atoms with E-state index in [1.165, 1.54) is 0 Å². The molecular weight excluding hydrogens is 344 g/mol. The summed E-state index contributed by atoms with van der Waals surface area (Å²) in [6.45, 7) is 20.0. The predicted molar refractivity (Wildman–Crippen MR) is 101 cm³/mol. The highest BCUT2D eigenvalue weighted by molar-refractivity contribution is 6.70. The Kier molecular flexibility index (Phi) is 7.27. The summed E-state index contributed by atoms with van der Waals surface area (Å²) in [6, 6.07) is 0. The van der Waals surface area contributed by atoms with Crippen LogP contribution in [0.4, 0.5) is 0 Å². The van der Waals surface area contributed by atoms with Crippen LogP contribution in [-0.2, 0) is 22.8 Å². The molecule has 1 saturated heterocycles. The van der Waals surface area contributed by atoms with Crippen molar-refractivity contribution in [1.29, 1.82) is 0 Å². The Labute approximate surface area is 145 Å². The Bertz CT molecular complexity index is 373. The summed E-state index contributed by atoms with van der Waals surface area (Å²) in [5, 5.41) is 0. The van der Waals surface area contributed by atoms with Crippen molar-refractivity contribution in [3.8, 4) is 0 Å². The lowest BCUT2D eigenvalue weighted by Gasteiger charge is -2.46. The van der Waals surface area contributed by atoms with E-state index in [0.29, 0.717) is 6.61 Å². The Morgan fingerprint density at radius 3 is 1.57 bits per heavy atom. The van der Waals surface area contributed by atoms with E-state index in [0.717, 1.165) is 0 Å². The van der Waals surface area contributed by atoms with Crippen molar-refractivity contribution in [1.82, 2.24) is 0 Å². The van der Waals surface area contributed by atoms with E-state index in [1.54, 1.807) is 7.11 Å². The maximum absolute atomic E-state index is 6.41. The van der Waals surface area contributed by atoms with E-state index in [1.807, 2.05) is 0 Å². The van der Waals surface area contributed by atoms with Crippen molar-refractivity contribution in [2.75, 3.05) is 13.7 Å². The molecule has 0 amide bonds. The molecule has 5 nitrogen and oxygen atoms in total. The molecule has 0 saturated carbocycles. The lowest BCUT2D eigenvalue weighted by Crippen LogP contribution is -2.61. The Hall–Kier alpha value is 0.451. The molecule has 8 heteroatoms. The SMILES string of the molecule is CO[C@H]1[C@@H](O[Si](C)(C)C)COC(O[Si](C)(C)C)[C@@H]1O[Si](C)(C)C. The Morgan fingerprint density at radius 1 is 0.696 bits per heavy atom. The summed E-state index contributed by atoms with van der Waals surface area (Å²) >= 11 is 0. The average molecular weight is 381 g/mol. The van der Waals surface area contributed by atoms with Crippen LogP contribution in [0.1, 0.15) is 0 Å². The number of hydrogen-bond acceptors (Lipinski definition) is 5. The standard InChI is InChI=1S/C15H36O5Si3/c1-16-13-12(18-21(2,3)4)11-17-15(20-23(8,9)10)14(13)19-22(5,6)7/h12-15H,11H2,1-10H3/t12-,13-,14+,15?/m0/s1. The average Bonchev–Trinajstić information content (AvgIpc) is 2.27. The van der Waals surface area contributed by atoms with Crippen LogP contribution in [0.3, 0.4) is 0 Å². The zero-order valence-electron chi connectivity index (χ0n) is 16.6. The van der Waals surface area contributed by atoms with Gasteiger partial charge >= 0.3 is 0 Å². The molecule has 0 aromatic heterocycles. The number of rotatable bonds is 7. The molecule has 0 bridgehead atoms. The molecule has 1 aliphatic heterocycles. The molecule has 23 heavy (non-hydrogen) atoms. The van der Waals surface area contributed by atoms with Crippen LogP contribution >= 0.6 is 0 Å². The molecule has 1 fully saturated rings. The van der Waals surface area contributed by atoms with Crippen molar-refractivity contribution >= 4 is 25.0 Å². The minimum absolute atomic E-state index is 0.102. The Morgan fingerprint density at radius 2 is 1.17 bits per heavy atom. The van der Waals surface area contributed by atoms with Gasteiger partial charge in [-0.15, -0.1) is 0 Å². The quantitative estimate of drug-likeness (QED) is 0.631. The van der Waals surface area contributed by atoms with E-state index in [2.05, 4.69) is 58.9 Å². The molecule has 0 radical (unpaired) electrons. The van der Waals surface area contributed by atoms with Crippen LogP contribution in [0.15, 0.2) is 0 Å². The molecule has 4 atom stereocenters. The van der Waals surface area contributed by atoms with Gasteiger partial charge in [0, 0.05) is 7.11 Å². The lowest BCUT2D eigenvalue weighted by atomic mass is 10.1. The van der Waals surface area contributed by atoms with Gasteiger partial charge < -0.3 is 22.8 Å². The minimum atomic E-state index is -1.78. The topological polar surface area (TPSA) is 46.2 Å². The second-order valence-corrected chi connectivity index (χ2v) is 22.5. The third-order valence-electron chi connectivity index (χ3n) is 3.12. The van der Waals surface area contributed by atoms with Crippen LogP contribution in [0.5, 0.6) is 0 Å². The fraction of sp³-hybridized carbons (Fsp3) is 1.00. The van der Waals surface area contributed by atoms with Crippen LogP contribution in [0.2, 0.25) is 58.9 Å². The van der Waals surface area contributed by atoms with Gasteiger partial charge in [0.05, 0.1) is 12.7 Å². The number of ether oxygens (including phenoxy) is 2. The molecule has 1 aliphatic rings. The van der Waals surface area contributed by atoms with Gasteiger partial charge in [-0.05, 0) is 58.9 Å². The smallest absolute Gasteiger partial charge is 0.187 e. The van der Waals surface area contributed by atoms with Gasteiger partial charge in [-0.2, -0.15) is 0 Å². The second kappa shape index (κ2) is 7.77. The van der Waals surface area contributed by atoms with Gasteiger partial charge in [-0.25, -0.2) is 0 Å². The summed E-state index contributed by atoms with van der Waals surface area (Å²) in [7, 11) is -3.50. The molecular formula is C15H36O5Si3. The van der Waals surface area contributed by atoms with Gasteiger partial charge in [-0.1, -0.05) is 0 Å². The van der Waals surface area contributed by atoms with Crippen LogP contribution in [0, 0.1) is 0 Å². The summed E-state index contributed by atoms with van der Waals surface area (Å²) in [4.78, 5) is 0. The van der Waals surface area contributed by atoms with Crippen molar-refractivity contribution < 1.29 is 22.8 Å². The van der Waals surface area contributed by atoms with Crippen molar-refractivity contribution in [2.45, 2.75) is 83.5 Å². The van der Waals surface area contributed by atoms with E-state index >= 15 is 0 Å². The first kappa shape index (κ1) is 21.5. The highest BCUT2D eigenvalue weighted by atomic mass is 28.4. The normalized spacial score (nSPS) is 30.5. The van der Waals surface area contributed by atoms with E-state index in [4.69, 9.17) is 22.8 Å². The molecule has 0 aromatic rings. The highest BCUT2D eigenvalue weighted by Gasteiger charge is 2.46. The fourth-order valence-electron chi connectivity index (χ4n) is 2.57. The summed E-state index contributed by atoms with van der Waals surface area (Å²) in [5.74, 6) is 0. The van der Waals surface area contributed by atoms with Crippen molar-refractivity contribution in [2.24, 2.45) is 0 Å². The van der Waals surface area contributed by atoms with Gasteiger partial charge in [-0.3, -0.25) is 0 Å². The second-order valence-electron chi connectivity index (χ2n) is 9.10. The molecule has 1 heterocycles. The van der Waals surface area contributed by atoms with Gasteiger partial charge in [0.1, 0.15) is 12.2 Å². The molecule has 138 valence electrons. The first-order chi connectivity index (χ1) is 10.2. The highest BCUT2D eigenvalue weighted by Crippen LogP contribution is 2.29. The monoisotopic (exact) mass is 380 g/mol. The summed E-state index contributed by atoms with van der Waals surface area (Å²) in [6.07, 6.45) is -0.883. The number of methoxy groups -OCH3 is 1. The first-order valence-corrected chi connectivity index (χ1v) is 18.6. The maximum Gasteiger partial charge on any atom is 0.187 e. The van der Waals surface area contributed by atoms with Crippen LogP contribution in [0.25, 0.3) is 0 Å². The zero-order chi connectivity index (χ0) is 18.1. The lowest BCUT2D eigenvalue weighted by molar-refractivity contribution is -0.242. The largest absolute Gasteiger partial charge is 0.410 e. The number of hydrogen-bond donors (Lipinski definition) is 0. The fourth-order valence-corrected chi connectivity index (χ4v) is 5.64. The van der Waals surface area contributed by atoms with Crippen LogP contribution in [-0.4, -0.2) is 63.3 Å². The molecule has 1 rings (SSSR count). The van der Waals surface area contributed by atoms with E-state index < -0.39 is 25.0 Å². The zero-order valence-corrected chi connectivity index (χ0v) is 19.6. The van der Waals surface area contributed by atoms with Gasteiger partial charge in [0.25, 0.3) is 0 Å². The molecule has 0 aliphatic carbocycles. The van der Waals surface area contributed by atoms with E-state index in [9.17, 15) is 0 Å². The van der Waals surface area contributed by atoms with Gasteiger partial charge in [0.2, 0.25) is 0 Å². The van der Waals surface area contributed by atoms with Crippen LogP contribution < -0.4 is 0 Å². The Balaban J connectivity index is 3.00. The first-order valence-electron chi connectivity index (χ1n) is 8.40. The van der Waals surface area contributed by atoms with Crippen molar-refractivity contribution in [3.05, 3.63) is 0 Å². The minimum Gasteiger partial charge on any atom is -0.410 e. The molecule has 0 N–H and O–H groups in total. The van der Waals surface area contributed by atoms with E-state index in [-0.39, 0.29) is 24.6 Å². The molecule has 0 spiro atoms. The predicted octanol–water partition coefficient (Wildman–Crippen LogP) is 3.65. The summed E-state index contributed by atoms with van der Waals surface area (Å²) in [5.41, 5.74) is 0. The van der Waals surface area contributed by atoms with Crippen molar-refractivity contribution in [3.63, 3.8) is 0 Å². The molecule has 0 aromatic carbocycles. The van der Waals surface area contributed by atoms with Gasteiger partial charge in [0.15, 0.2) is 31.2 Å². The third-order valence-corrected chi connectivity index (χ3v) is 6.05. The summed E-state index contributed by atoms with van der Waals surface area (Å²) < 4.78 is 30.8. The maximum atomic E-state index is 6.41. The molecule has 1 unspecified atom stereocenters. The third kappa shape index (κ3) is 7.91.